The monoisotopic (exact) mass is 362 g/mol. The number of nitrogens with two attached hydrogens (primary N) is 1. The van der Waals surface area contributed by atoms with Gasteiger partial charge in [0.05, 0.1) is 36.4 Å². The molecule has 2 unspecified atom stereocenters. The molecule has 0 saturated heterocycles. The van der Waals surface area contributed by atoms with Gasteiger partial charge in [0, 0.05) is 11.6 Å². The van der Waals surface area contributed by atoms with Crippen LogP contribution in [0.25, 0.3) is 0 Å². The third-order valence-electron chi connectivity index (χ3n) is 4.99. The number of rotatable bonds is 5. The molecule has 25 heavy (non-hydrogen) atoms. The predicted molar refractivity (Wildman–Crippen MR) is 101 cm³/mol. The van der Waals surface area contributed by atoms with Crippen molar-refractivity contribution in [2.24, 2.45) is 28.5 Å². The molecule has 1 aliphatic heterocycles. The molecule has 1 heterocycles. The Hall–Kier alpha value is -1.94. The van der Waals surface area contributed by atoms with Crippen LogP contribution in [-0.4, -0.2) is 29.9 Å². The highest BCUT2D eigenvalue weighted by Crippen LogP contribution is 2.42. The van der Waals surface area contributed by atoms with E-state index in [4.69, 9.17) is 22.7 Å². The molecule has 0 aromatic heterocycles. The lowest BCUT2D eigenvalue weighted by molar-refractivity contribution is -0.139. The zero-order chi connectivity index (χ0) is 18.4. The summed E-state index contributed by atoms with van der Waals surface area (Å²) in [6.45, 7) is 4.18. The van der Waals surface area contributed by atoms with Gasteiger partial charge in [-0.3, -0.25) is 4.99 Å². The van der Waals surface area contributed by atoms with E-state index in [9.17, 15) is 10.1 Å². The second-order valence-electron chi connectivity index (χ2n) is 6.58. The lowest BCUT2D eigenvalue weighted by Gasteiger charge is -2.37. The Morgan fingerprint density at radius 2 is 2.12 bits per heavy atom. The summed E-state index contributed by atoms with van der Waals surface area (Å²) < 4.78 is 5.30. The Morgan fingerprint density at radius 1 is 1.44 bits per heavy atom. The van der Waals surface area contributed by atoms with Crippen molar-refractivity contribution < 1.29 is 9.53 Å². The standard InChI is InChI=1S/C18H26N4O2S/c1-3-24-17(23)16-14(10-21-18(20)25)22-11(2)13(9-19)15(16)12-7-5-4-6-8-12/h12-13,15H,3-8,10H2,1-2H3,(H3,20,21,25). The van der Waals surface area contributed by atoms with Crippen molar-refractivity contribution in [2.45, 2.75) is 46.0 Å². The van der Waals surface area contributed by atoms with Gasteiger partial charge < -0.3 is 15.8 Å². The van der Waals surface area contributed by atoms with Gasteiger partial charge in [0.25, 0.3) is 0 Å². The highest BCUT2D eigenvalue weighted by atomic mass is 32.1. The minimum absolute atomic E-state index is 0.153. The summed E-state index contributed by atoms with van der Waals surface area (Å²) >= 11 is 4.88. The third kappa shape index (κ3) is 4.57. The molecule has 1 aliphatic carbocycles. The molecule has 0 spiro atoms. The lowest BCUT2D eigenvalue weighted by Crippen LogP contribution is -2.39. The Balaban J connectivity index is 2.47. The van der Waals surface area contributed by atoms with Crippen molar-refractivity contribution in [1.29, 1.82) is 5.26 Å². The van der Waals surface area contributed by atoms with Gasteiger partial charge in [-0.2, -0.15) is 5.26 Å². The van der Waals surface area contributed by atoms with E-state index in [0.29, 0.717) is 17.2 Å². The van der Waals surface area contributed by atoms with Crippen LogP contribution >= 0.6 is 12.2 Å². The molecule has 6 nitrogen and oxygen atoms in total. The maximum Gasteiger partial charge on any atom is 0.336 e. The number of nitrogens with one attached hydrogen (secondary N) is 1. The van der Waals surface area contributed by atoms with E-state index in [2.05, 4.69) is 16.4 Å². The van der Waals surface area contributed by atoms with Crippen molar-refractivity contribution in [2.75, 3.05) is 13.2 Å². The number of nitrogens with zero attached hydrogens (tertiary/aromatic N) is 2. The molecule has 1 fully saturated rings. The highest BCUT2D eigenvalue weighted by Gasteiger charge is 2.42. The van der Waals surface area contributed by atoms with Crippen LogP contribution in [0, 0.1) is 29.1 Å². The molecular formula is C18H26N4O2S. The maximum absolute atomic E-state index is 12.7. The van der Waals surface area contributed by atoms with Crippen LogP contribution in [0.5, 0.6) is 0 Å². The van der Waals surface area contributed by atoms with E-state index in [0.717, 1.165) is 31.4 Å². The fourth-order valence-corrected chi connectivity index (χ4v) is 3.98. The highest BCUT2D eigenvalue weighted by molar-refractivity contribution is 7.80. The largest absolute Gasteiger partial charge is 0.463 e. The number of carbonyl (C=O) groups is 1. The van der Waals surface area contributed by atoms with Crippen LogP contribution < -0.4 is 11.1 Å². The summed E-state index contributed by atoms with van der Waals surface area (Å²) in [7, 11) is 0. The molecule has 0 bridgehead atoms. The van der Waals surface area contributed by atoms with Gasteiger partial charge in [-0.15, -0.1) is 0 Å². The van der Waals surface area contributed by atoms with Gasteiger partial charge in [0.1, 0.15) is 0 Å². The van der Waals surface area contributed by atoms with Crippen LogP contribution in [0.4, 0.5) is 0 Å². The molecule has 1 saturated carbocycles. The second-order valence-corrected chi connectivity index (χ2v) is 7.02. The summed E-state index contributed by atoms with van der Waals surface area (Å²) in [6.07, 6.45) is 5.52. The zero-order valence-electron chi connectivity index (χ0n) is 14.9. The van der Waals surface area contributed by atoms with E-state index in [1.165, 1.54) is 6.42 Å². The van der Waals surface area contributed by atoms with Crippen LogP contribution in [0.3, 0.4) is 0 Å². The Morgan fingerprint density at radius 3 is 2.68 bits per heavy atom. The van der Waals surface area contributed by atoms with E-state index in [1.807, 2.05) is 6.92 Å². The molecule has 2 aliphatic rings. The first kappa shape index (κ1) is 19.4. The summed E-state index contributed by atoms with van der Waals surface area (Å²) in [5.74, 6) is -0.654. The molecule has 3 N–H and O–H groups in total. The molecule has 2 atom stereocenters. The maximum atomic E-state index is 12.7. The zero-order valence-corrected chi connectivity index (χ0v) is 15.7. The first-order valence-electron chi connectivity index (χ1n) is 8.87. The van der Waals surface area contributed by atoms with E-state index in [-0.39, 0.29) is 30.2 Å². The molecule has 0 aromatic carbocycles. The minimum atomic E-state index is -0.393. The smallest absolute Gasteiger partial charge is 0.336 e. The molecular weight excluding hydrogens is 336 g/mol. The number of aliphatic imine (C=N–C) groups is 1. The third-order valence-corrected chi connectivity index (χ3v) is 5.13. The van der Waals surface area contributed by atoms with Gasteiger partial charge >= 0.3 is 5.97 Å². The minimum Gasteiger partial charge on any atom is -0.463 e. The van der Waals surface area contributed by atoms with Gasteiger partial charge in [0.15, 0.2) is 5.11 Å². The Labute approximate surface area is 154 Å². The first-order chi connectivity index (χ1) is 12.0. The number of ether oxygens (including phenoxy) is 1. The van der Waals surface area contributed by atoms with Crippen molar-refractivity contribution in [1.82, 2.24) is 5.32 Å². The van der Waals surface area contributed by atoms with Crippen molar-refractivity contribution in [3.63, 3.8) is 0 Å². The quantitative estimate of drug-likeness (QED) is 0.575. The fraction of sp³-hybridized carbons (Fsp3) is 0.667. The molecule has 2 rings (SSSR count). The number of thiocarbonyl (C=S) groups is 1. The van der Waals surface area contributed by atoms with E-state index >= 15 is 0 Å². The van der Waals surface area contributed by atoms with Crippen LogP contribution in [0.1, 0.15) is 46.0 Å². The summed E-state index contributed by atoms with van der Waals surface area (Å²) in [5.41, 5.74) is 7.39. The van der Waals surface area contributed by atoms with Crippen LogP contribution in [0.2, 0.25) is 0 Å². The Kier molecular flexibility index (Phi) is 6.94. The van der Waals surface area contributed by atoms with E-state index in [1.54, 1.807) is 6.92 Å². The van der Waals surface area contributed by atoms with Crippen LogP contribution in [0.15, 0.2) is 16.3 Å². The molecule has 136 valence electrons. The Bertz CT molecular complexity index is 629. The molecule has 0 radical (unpaired) electrons. The lowest BCUT2D eigenvalue weighted by atomic mass is 9.68. The topological polar surface area (TPSA) is 100 Å². The number of esters is 1. The second kappa shape index (κ2) is 8.95. The average molecular weight is 362 g/mol. The number of nitriles is 1. The first-order valence-corrected chi connectivity index (χ1v) is 9.28. The van der Waals surface area contributed by atoms with Crippen LogP contribution in [-0.2, 0) is 9.53 Å². The molecule has 0 aromatic rings. The fourth-order valence-electron chi connectivity index (χ4n) is 3.90. The van der Waals surface area contributed by atoms with Crippen molar-refractivity contribution >= 4 is 29.0 Å². The van der Waals surface area contributed by atoms with Gasteiger partial charge in [-0.25, -0.2) is 4.79 Å². The number of carbonyl (C=O) groups excluding carboxylic acids is 1. The van der Waals surface area contributed by atoms with E-state index < -0.39 is 5.92 Å². The molecule has 7 heteroatoms. The summed E-state index contributed by atoms with van der Waals surface area (Å²) in [6, 6.07) is 2.37. The summed E-state index contributed by atoms with van der Waals surface area (Å²) in [4.78, 5) is 17.3. The summed E-state index contributed by atoms with van der Waals surface area (Å²) in [5, 5.41) is 12.8. The van der Waals surface area contributed by atoms with Gasteiger partial charge in [0.2, 0.25) is 0 Å². The predicted octanol–water partition coefficient (Wildman–Crippen LogP) is 2.45. The number of hydrogen-bond donors (Lipinski definition) is 2. The van der Waals surface area contributed by atoms with Crippen molar-refractivity contribution in [3.8, 4) is 6.07 Å². The SMILES string of the molecule is CCOC(=O)C1=C(CNC(N)=S)N=C(C)C(C#N)C1C1CCCCC1. The van der Waals surface area contributed by atoms with Gasteiger partial charge in [-0.1, -0.05) is 19.3 Å². The van der Waals surface area contributed by atoms with Gasteiger partial charge in [-0.05, 0) is 44.8 Å². The number of hydrogen-bond acceptors (Lipinski definition) is 5. The normalized spacial score (nSPS) is 24.3. The molecule has 0 amide bonds. The average Bonchev–Trinajstić information content (AvgIpc) is 2.60. The van der Waals surface area contributed by atoms with Crippen molar-refractivity contribution in [3.05, 3.63) is 11.3 Å².